The largest absolute Gasteiger partial charge is 0.376 e. The van der Waals surface area contributed by atoms with E-state index in [2.05, 4.69) is 20.4 Å². The number of aliphatic imine (C=N–C) groups is 1. The lowest BCUT2D eigenvalue weighted by molar-refractivity contribution is -0.0721. The van der Waals surface area contributed by atoms with Crippen molar-refractivity contribution in [3.05, 3.63) is 11.6 Å². The van der Waals surface area contributed by atoms with Crippen molar-refractivity contribution in [2.45, 2.75) is 89.5 Å². The van der Waals surface area contributed by atoms with Crippen LogP contribution < -0.4 is 5.32 Å². The van der Waals surface area contributed by atoms with E-state index >= 15 is 0 Å². The molecular formula is C22H38N6O2. The molecule has 1 atom stereocenters. The van der Waals surface area contributed by atoms with Crippen molar-refractivity contribution in [2.75, 3.05) is 26.3 Å². The van der Waals surface area contributed by atoms with E-state index in [1.165, 1.54) is 38.5 Å². The SMILES string of the molecule is Cc1nnc(CN=C(NC2CCCC2)N2CCC(OCC3CCCCO3)CC2)n1C. The normalized spacial score (nSPS) is 24.5. The highest BCUT2D eigenvalue weighted by atomic mass is 16.5. The second-order valence-electron chi connectivity index (χ2n) is 9.00. The lowest BCUT2D eigenvalue weighted by atomic mass is 10.1. The lowest BCUT2D eigenvalue weighted by Gasteiger charge is -2.36. The molecule has 1 saturated carbocycles. The smallest absolute Gasteiger partial charge is 0.194 e. The number of aryl methyl sites for hydroxylation is 1. The Hall–Kier alpha value is -1.67. The van der Waals surface area contributed by atoms with Crippen LogP contribution in [-0.2, 0) is 23.1 Å². The van der Waals surface area contributed by atoms with Gasteiger partial charge in [-0.05, 0) is 51.9 Å². The second kappa shape index (κ2) is 10.6. The molecule has 2 saturated heterocycles. The molecule has 3 fully saturated rings. The van der Waals surface area contributed by atoms with E-state index in [-0.39, 0.29) is 0 Å². The molecule has 0 aromatic carbocycles. The summed E-state index contributed by atoms with van der Waals surface area (Å²) in [4.78, 5) is 7.35. The Morgan fingerprint density at radius 2 is 1.87 bits per heavy atom. The minimum absolute atomic E-state index is 0.299. The summed E-state index contributed by atoms with van der Waals surface area (Å²) in [5, 5.41) is 12.2. The minimum atomic E-state index is 0.299. The summed E-state index contributed by atoms with van der Waals surface area (Å²) < 4.78 is 14.0. The molecule has 30 heavy (non-hydrogen) atoms. The summed E-state index contributed by atoms with van der Waals surface area (Å²) in [5.74, 6) is 2.85. The van der Waals surface area contributed by atoms with Crippen molar-refractivity contribution in [2.24, 2.45) is 12.0 Å². The highest BCUT2D eigenvalue weighted by Crippen LogP contribution is 2.21. The standard InChI is InChI=1S/C22H38N6O2/c1-17-25-26-21(27(17)2)15-23-22(24-18-7-3-4-8-18)28-12-10-19(11-13-28)30-16-20-9-5-6-14-29-20/h18-20H,3-16H2,1-2H3,(H,23,24). The van der Waals surface area contributed by atoms with Crippen molar-refractivity contribution < 1.29 is 9.47 Å². The fourth-order valence-corrected chi connectivity index (χ4v) is 4.64. The van der Waals surface area contributed by atoms with Crippen LogP contribution in [0.2, 0.25) is 0 Å². The zero-order chi connectivity index (χ0) is 20.8. The molecule has 168 valence electrons. The molecule has 1 N–H and O–H groups in total. The van der Waals surface area contributed by atoms with E-state index in [9.17, 15) is 0 Å². The van der Waals surface area contributed by atoms with Gasteiger partial charge in [0.1, 0.15) is 12.4 Å². The molecule has 8 nitrogen and oxygen atoms in total. The third-order valence-corrected chi connectivity index (χ3v) is 6.77. The van der Waals surface area contributed by atoms with Gasteiger partial charge < -0.3 is 24.3 Å². The summed E-state index contributed by atoms with van der Waals surface area (Å²) in [7, 11) is 2.00. The molecule has 1 aliphatic carbocycles. The molecule has 3 heterocycles. The fraction of sp³-hybridized carbons (Fsp3) is 0.864. The van der Waals surface area contributed by atoms with Gasteiger partial charge in [0.2, 0.25) is 0 Å². The van der Waals surface area contributed by atoms with Crippen LogP contribution in [0, 0.1) is 6.92 Å². The number of nitrogens with one attached hydrogen (secondary N) is 1. The van der Waals surface area contributed by atoms with Gasteiger partial charge in [0, 0.05) is 32.8 Å². The van der Waals surface area contributed by atoms with Crippen LogP contribution in [0.5, 0.6) is 0 Å². The van der Waals surface area contributed by atoms with Crippen molar-refractivity contribution in [1.82, 2.24) is 25.0 Å². The quantitative estimate of drug-likeness (QED) is 0.565. The predicted octanol–water partition coefficient (Wildman–Crippen LogP) is 2.56. The molecule has 1 aromatic heterocycles. The molecule has 1 unspecified atom stereocenters. The number of hydrogen-bond donors (Lipinski definition) is 1. The molecule has 0 radical (unpaired) electrons. The van der Waals surface area contributed by atoms with Crippen molar-refractivity contribution in [3.63, 3.8) is 0 Å². The van der Waals surface area contributed by atoms with Gasteiger partial charge in [0.25, 0.3) is 0 Å². The number of hydrogen-bond acceptors (Lipinski definition) is 5. The minimum Gasteiger partial charge on any atom is -0.376 e. The molecule has 0 amide bonds. The molecule has 3 aliphatic rings. The van der Waals surface area contributed by atoms with Gasteiger partial charge in [-0.25, -0.2) is 4.99 Å². The van der Waals surface area contributed by atoms with E-state index in [1.807, 2.05) is 18.5 Å². The van der Waals surface area contributed by atoms with Gasteiger partial charge in [-0.2, -0.15) is 0 Å². The van der Waals surface area contributed by atoms with Gasteiger partial charge in [0.05, 0.1) is 18.8 Å². The van der Waals surface area contributed by atoms with Crippen molar-refractivity contribution in [3.8, 4) is 0 Å². The van der Waals surface area contributed by atoms with Crippen LogP contribution in [-0.4, -0.2) is 70.2 Å². The van der Waals surface area contributed by atoms with Crippen LogP contribution in [0.25, 0.3) is 0 Å². The molecular weight excluding hydrogens is 380 g/mol. The molecule has 2 aliphatic heterocycles. The molecule has 0 spiro atoms. The number of nitrogens with zero attached hydrogens (tertiary/aromatic N) is 5. The van der Waals surface area contributed by atoms with Crippen LogP contribution in [0.3, 0.4) is 0 Å². The third kappa shape index (κ3) is 5.72. The number of guanidine groups is 1. The zero-order valence-corrected chi connectivity index (χ0v) is 18.7. The Morgan fingerprint density at radius 3 is 2.53 bits per heavy atom. The van der Waals surface area contributed by atoms with E-state index in [1.54, 1.807) is 0 Å². The highest BCUT2D eigenvalue weighted by Gasteiger charge is 2.26. The first-order chi connectivity index (χ1) is 14.7. The van der Waals surface area contributed by atoms with Crippen LogP contribution in [0.15, 0.2) is 4.99 Å². The Bertz CT molecular complexity index is 686. The van der Waals surface area contributed by atoms with E-state index in [0.29, 0.717) is 24.8 Å². The number of ether oxygens (including phenoxy) is 2. The van der Waals surface area contributed by atoms with Gasteiger partial charge in [-0.3, -0.25) is 0 Å². The zero-order valence-electron chi connectivity index (χ0n) is 18.7. The molecule has 0 bridgehead atoms. The summed E-state index contributed by atoms with van der Waals surface area (Å²) in [6, 6.07) is 0.544. The lowest BCUT2D eigenvalue weighted by Crippen LogP contribution is -2.49. The number of rotatable bonds is 6. The summed E-state index contributed by atoms with van der Waals surface area (Å²) in [6.07, 6.45) is 11.4. The fourth-order valence-electron chi connectivity index (χ4n) is 4.64. The monoisotopic (exact) mass is 418 g/mol. The number of piperidine rings is 1. The van der Waals surface area contributed by atoms with Crippen LogP contribution in [0.4, 0.5) is 0 Å². The molecule has 8 heteroatoms. The maximum atomic E-state index is 6.20. The summed E-state index contributed by atoms with van der Waals surface area (Å²) >= 11 is 0. The Morgan fingerprint density at radius 1 is 1.10 bits per heavy atom. The first-order valence-corrected chi connectivity index (χ1v) is 11.8. The van der Waals surface area contributed by atoms with Gasteiger partial charge >= 0.3 is 0 Å². The summed E-state index contributed by atoms with van der Waals surface area (Å²) in [5.41, 5.74) is 0. The van der Waals surface area contributed by atoms with Gasteiger partial charge in [0.15, 0.2) is 11.8 Å². The van der Waals surface area contributed by atoms with Crippen LogP contribution in [0.1, 0.15) is 69.4 Å². The number of likely N-dealkylation sites (tertiary alicyclic amines) is 1. The van der Waals surface area contributed by atoms with Crippen molar-refractivity contribution in [1.29, 1.82) is 0 Å². The third-order valence-electron chi connectivity index (χ3n) is 6.77. The number of aromatic nitrogens is 3. The van der Waals surface area contributed by atoms with E-state index in [4.69, 9.17) is 14.5 Å². The molecule has 1 aromatic rings. The topological polar surface area (TPSA) is 76.8 Å². The predicted molar refractivity (Wildman–Crippen MR) is 116 cm³/mol. The van der Waals surface area contributed by atoms with Gasteiger partial charge in [-0.15, -0.1) is 10.2 Å². The second-order valence-corrected chi connectivity index (χ2v) is 9.00. The molecule has 4 rings (SSSR count). The maximum Gasteiger partial charge on any atom is 0.194 e. The average molecular weight is 419 g/mol. The first-order valence-electron chi connectivity index (χ1n) is 11.8. The van der Waals surface area contributed by atoms with Gasteiger partial charge in [-0.1, -0.05) is 12.8 Å². The highest BCUT2D eigenvalue weighted by molar-refractivity contribution is 5.80. The Balaban J connectivity index is 1.31. The first kappa shape index (κ1) is 21.6. The van der Waals surface area contributed by atoms with E-state index in [0.717, 1.165) is 63.2 Å². The maximum absolute atomic E-state index is 6.20. The van der Waals surface area contributed by atoms with E-state index < -0.39 is 0 Å². The Kier molecular flexibility index (Phi) is 7.60. The summed E-state index contributed by atoms with van der Waals surface area (Å²) in [6.45, 7) is 6.13. The Labute approximate surface area is 180 Å². The van der Waals surface area contributed by atoms with Crippen LogP contribution >= 0.6 is 0 Å². The average Bonchev–Trinajstić information content (AvgIpc) is 3.41. The van der Waals surface area contributed by atoms with Crippen molar-refractivity contribution >= 4 is 5.96 Å².